The third kappa shape index (κ3) is 3.85. The van der Waals surface area contributed by atoms with Gasteiger partial charge in [0.05, 0.1) is 0 Å². The zero-order valence-electron chi connectivity index (χ0n) is 9.34. The van der Waals surface area contributed by atoms with E-state index in [1.807, 2.05) is 0 Å². The molecule has 2 rings (SSSR count). The third-order valence-corrected chi connectivity index (χ3v) is 4.86. The Balaban J connectivity index is 1.62. The second-order valence-corrected chi connectivity index (χ2v) is 6.44. The van der Waals surface area contributed by atoms with Crippen LogP contribution in [0, 0.1) is 5.92 Å². The highest BCUT2D eigenvalue weighted by molar-refractivity contribution is 7.85. The van der Waals surface area contributed by atoms with Gasteiger partial charge in [0, 0.05) is 28.3 Å². The first-order valence-electron chi connectivity index (χ1n) is 6.13. The molecule has 0 spiro atoms. The Labute approximate surface area is 94.9 Å². The van der Waals surface area contributed by atoms with Gasteiger partial charge < -0.3 is 10.6 Å². The molecule has 3 nitrogen and oxygen atoms in total. The lowest BCUT2D eigenvalue weighted by Crippen LogP contribution is -2.42. The highest BCUT2D eigenvalue weighted by Crippen LogP contribution is 2.12. The van der Waals surface area contributed by atoms with E-state index in [2.05, 4.69) is 10.6 Å². The second-order valence-electron chi connectivity index (χ2n) is 4.74. The minimum Gasteiger partial charge on any atom is -0.316 e. The molecule has 2 heterocycles. The monoisotopic (exact) mass is 230 g/mol. The van der Waals surface area contributed by atoms with Crippen molar-refractivity contribution in [3.05, 3.63) is 0 Å². The average Bonchev–Trinajstić information content (AvgIpc) is 2.30. The first-order chi connectivity index (χ1) is 7.34. The van der Waals surface area contributed by atoms with Crippen LogP contribution >= 0.6 is 0 Å². The average molecular weight is 230 g/mol. The van der Waals surface area contributed by atoms with E-state index >= 15 is 0 Å². The first-order valence-corrected chi connectivity index (χ1v) is 7.62. The summed E-state index contributed by atoms with van der Waals surface area (Å²) in [7, 11) is -0.522. The van der Waals surface area contributed by atoms with E-state index in [9.17, 15) is 4.21 Å². The highest BCUT2D eigenvalue weighted by atomic mass is 32.2. The fraction of sp³-hybridized carbons (Fsp3) is 1.00. The minimum atomic E-state index is -0.522. The van der Waals surface area contributed by atoms with E-state index in [4.69, 9.17) is 0 Å². The van der Waals surface area contributed by atoms with Gasteiger partial charge in [-0.05, 0) is 51.2 Å². The molecule has 0 aliphatic carbocycles. The molecule has 2 aliphatic rings. The maximum absolute atomic E-state index is 11.2. The number of rotatable bonds is 3. The van der Waals surface area contributed by atoms with Crippen LogP contribution in [0.5, 0.6) is 0 Å². The van der Waals surface area contributed by atoms with Crippen molar-refractivity contribution in [2.45, 2.75) is 31.7 Å². The van der Waals surface area contributed by atoms with Gasteiger partial charge in [-0.15, -0.1) is 0 Å². The van der Waals surface area contributed by atoms with E-state index in [-0.39, 0.29) is 0 Å². The Kier molecular flexibility index (Phi) is 4.60. The summed E-state index contributed by atoms with van der Waals surface area (Å²) >= 11 is 0. The topological polar surface area (TPSA) is 41.1 Å². The molecular formula is C11H22N2OS. The summed E-state index contributed by atoms with van der Waals surface area (Å²) in [5.41, 5.74) is 0. The smallest absolute Gasteiger partial charge is 0.0249 e. The molecular weight excluding hydrogens is 208 g/mol. The number of hydrogen-bond donors (Lipinski definition) is 2. The molecule has 1 atom stereocenters. The predicted octanol–water partition coefficient (Wildman–Crippen LogP) is 0.487. The Hall–Kier alpha value is 0.0700. The van der Waals surface area contributed by atoms with E-state index in [0.717, 1.165) is 36.8 Å². The van der Waals surface area contributed by atoms with Crippen LogP contribution in [-0.4, -0.2) is 41.4 Å². The van der Waals surface area contributed by atoms with Crippen LogP contribution in [0.1, 0.15) is 25.7 Å². The maximum Gasteiger partial charge on any atom is 0.0249 e. The quantitative estimate of drug-likeness (QED) is 0.741. The van der Waals surface area contributed by atoms with Gasteiger partial charge in [-0.3, -0.25) is 4.21 Å². The molecule has 0 saturated carbocycles. The fourth-order valence-corrected chi connectivity index (χ4v) is 3.73. The first kappa shape index (κ1) is 11.6. The largest absolute Gasteiger partial charge is 0.316 e. The number of nitrogens with one attached hydrogen (secondary N) is 2. The Bertz CT molecular complexity index is 207. The van der Waals surface area contributed by atoms with Gasteiger partial charge >= 0.3 is 0 Å². The lowest BCUT2D eigenvalue weighted by molar-refractivity contribution is 0.336. The number of hydrogen-bond acceptors (Lipinski definition) is 3. The van der Waals surface area contributed by atoms with Crippen LogP contribution in [0.2, 0.25) is 0 Å². The summed E-state index contributed by atoms with van der Waals surface area (Å²) in [5.74, 6) is 2.62. The van der Waals surface area contributed by atoms with Crippen LogP contribution in [0.3, 0.4) is 0 Å². The van der Waals surface area contributed by atoms with Crippen LogP contribution in [-0.2, 0) is 10.8 Å². The van der Waals surface area contributed by atoms with Crippen molar-refractivity contribution in [1.82, 2.24) is 10.6 Å². The van der Waals surface area contributed by atoms with E-state index in [1.165, 1.54) is 25.9 Å². The van der Waals surface area contributed by atoms with Gasteiger partial charge in [-0.1, -0.05) is 0 Å². The van der Waals surface area contributed by atoms with E-state index < -0.39 is 10.8 Å². The van der Waals surface area contributed by atoms with Gasteiger partial charge in [0.1, 0.15) is 0 Å². The van der Waals surface area contributed by atoms with Gasteiger partial charge in [0.2, 0.25) is 0 Å². The molecule has 15 heavy (non-hydrogen) atoms. The Morgan fingerprint density at radius 1 is 1.27 bits per heavy atom. The molecule has 0 amide bonds. The molecule has 4 heteroatoms. The van der Waals surface area contributed by atoms with Crippen molar-refractivity contribution in [1.29, 1.82) is 0 Å². The fourth-order valence-electron chi connectivity index (χ4n) is 2.43. The molecule has 0 aromatic rings. The summed E-state index contributed by atoms with van der Waals surface area (Å²) in [6, 6.07) is 0.629. The number of piperidine rings is 1. The zero-order valence-corrected chi connectivity index (χ0v) is 10.2. The Morgan fingerprint density at radius 3 is 2.73 bits per heavy atom. The standard InChI is InChI=1S/C11H22N2OS/c14-15-6-3-11(4-7-15)13-9-10-2-1-5-12-8-10/h10-13H,1-9H2. The molecule has 0 bridgehead atoms. The highest BCUT2D eigenvalue weighted by Gasteiger charge is 2.19. The SMILES string of the molecule is O=S1CCC(NCC2CCCNC2)CC1. The summed E-state index contributed by atoms with van der Waals surface area (Å²) in [6.07, 6.45) is 4.89. The van der Waals surface area contributed by atoms with E-state index in [1.54, 1.807) is 0 Å². The Morgan fingerprint density at radius 2 is 2.07 bits per heavy atom. The minimum absolute atomic E-state index is 0.522. The van der Waals surface area contributed by atoms with E-state index in [0.29, 0.717) is 6.04 Å². The van der Waals surface area contributed by atoms with Crippen LogP contribution < -0.4 is 10.6 Å². The van der Waals surface area contributed by atoms with Crippen molar-refractivity contribution in [3.8, 4) is 0 Å². The molecule has 0 aromatic heterocycles. The van der Waals surface area contributed by atoms with Gasteiger partial charge in [-0.2, -0.15) is 0 Å². The van der Waals surface area contributed by atoms with Crippen molar-refractivity contribution in [3.63, 3.8) is 0 Å². The molecule has 0 radical (unpaired) electrons. The van der Waals surface area contributed by atoms with Crippen LogP contribution in [0.15, 0.2) is 0 Å². The second kappa shape index (κ2) is 5.97. The molecule has 2 saturated heterocycles. The molecule has 88 valence electrons. The molecule has 2 aliphatic heterocycles. The van der Waals surface area contributed by atoms with Crippen molar-refractivity contribution in [2.24, 2.45) is 5.92 Å². The lowest BCUT2D eigenvalue weighted by atomic mass is 9.99. The third-order valence-electron chi connectivity index (χ3n) is 3.48. The van der Waals surface area contributed by atoms with Crippen LogP contribution in [0.25, 0.3) is 0 Å². The van der Waals surface area contributed by atoms with Crippen molar-refractivity contribution >= 4 is 10.8 Å². The van der Waals surface area contributed by atoms with Gasteiger partial charge in [0.15, 0.2) is 0 Å². The summed E-state index contributed by atoms with van der Waals surface area (Å²) < 4.78 is 11.2. The van der Waals surface area contributed by atoms with Crippen molar-refractivity contribution in [2.75, 3.05) is 31.1 Å². The molecule has 2 fully saturated rings. The summed E-state index contributed by atoms with van der Waals surface area (Å²) in [5, 5.41) is 7.08. The molecule has 1 unspecified atom stereocenters. The zero-order chi connectivity index (χ0) is 10.5. The van der Waals surface area contributed by atoms with Crippen molar-refractivity contribution < 1.29 is 4.21 Å². The molecule has 2 N–H and O–H groups in total. The normalized spacial score (nSPS) is 37.7. The van der Waals surface area contributed by atoms with Gasteiger partial charge in [0.25, 0.3) is 0 Å². The predicted molar refractivity (Wildman–Crippen MR) is 64.5 cm³/mol. The van der Waals surface area contributed by atoms with Gasteiger partial charge in [-0.25, -0.2) is 0 Å². The molecule has 0 aromatic carbocycles. The maximum atomic E-state index is 11.2. The lowest BCUT2D eigenvalue weighted by Gasteiger charge is -2.27. The summed E-state index contributed by atoms with van der Waals surface area (Å²) in [6.45, 7) is 3.51. The van der Waals surface area contributed by atoms with Crippen LogP contribution in [0.4, 0.5) is 0 Å². The summed E-state index contributed by atoms with van der Waals surface area (Å²) in [4.78, 5) is 0.